The maximum atomic E-state index is 5.84. The Labute approximate surface area is 143 Å². The fourth-order valence-electron chi connectivity index (χ4n) is 3.11. The molecule has 0 aliphatic carbocycles. The monoisotopic (exact) mass is 327 g/mol. The molecule has 2 N–H and O–H groups in total. The molecule has 0 radical (unpaired) electrons. The Morgan fingerprint density at radius 3 is 2.67 bits per heavy atom. The Bertz CT molecular complexity index is 697. The van der Waals surface area contributed by atoms with Crippen LogP contribution in [0.25, 0.3) is 11.3 Å². The number of benzene rings is 1. The van der Waals surface area contributed by atoms with Crippen molar-refractivity contribution in [3.05, 3.63) is 41.5 Å². The lowest BCUT2D eigenvalue weighted by molar-refractivity contribution is 0.0340. The SMILES string of the molecule is CCc1cc(-c2cccc(N)n2)c(OC)cc1CN1CCOCC1. The minimum absolute atomic E-state index is 0.519. The first kappa shape index (κ1) is 16.7. The van der Waals surface area contributed by atoms with Crippen LogP contribution in [0, 0.1) is 0 Å². The first-order chi connectivity index (χ1) is 11.7. The van der Waals surface area contributed by atoms with Gasteiger partial charge in [-0.15, -0.1) is 0 Å². The molecule has 0 amide bonds. The molecule has 2 heterocycles. The number of methoxy groups -OCH3 is 1. The molecule has 1 saturated heterocycles. The van der Waals surface area contributed by atoms with E-state index in [-0.39, 0.29) is 0 Å². The van der Waals surface area contributed by atoms with E-state index in [1.165, 1.54) is 11.1 Å². The number of aromatic nitrogens is 1. The molecular weight excluding hydrogens is 302 g/mol. The van der Waals surface area contributed by atoms with E-state index in [1.807, 2.05) is 12.1 Å². The Kier molecular flexibility index (Phi) is 5.33. The molecule has 0 saturated carbocycles. The molecule has 128 valence electrons. The molecule has 1 aromatic heterocycles. The summed E-state index contributed by atoms with van der Waals surface area (Å²) in [6, 6.07) is 10.0. The molecule has 24 heavy (non-hydrogen) atoms. The highest BCUT2D eigenvalue weighted by molar-refractivity contribution is 5.70. The Hall–Kier alpha value is -2.11. The van der Waals surface area contributed by atoms with Crippen molar-refractivity contribution >= 4 is 5.82 Å². The lowest BCUT2D eigenvalue weighted by Crippen LogP contribution is -2.35. The number of nitrogen functional groups attached to an aromatic ring is 1. The smallest absolute Gasteiger partial charge is 0.128 e. The molecule has 5 heteroatoms. The Morgan fingerprint density at radius 2 is 2.00 bits per heavy atom. The van der Waals surface area contributed by atoms with Crippen molar-refractivity contribution in [3.63, 3.8) is 0 Å². The van der Waals surface area contributed by atoms with Gasteiger partial charge >= 0.3 is 0 Å². The van der Waals surface area contributed by atoms with Crippen molar-refractivity contribution < 1.29 is 9.47 Å². The van der Waals surface area contributed by atoms with E-state index in [0.717, 1.165) is 56.3 Å². The second-order valence-electron chi connectivity index (χ2n) is 6.01. The third-order valence-electron chi connectivity index (χ3n) is 4.45. The molecule has 1 aliphatic rings. The number of rotatable bonds is 5. The van der Waals surface area contributed by atoms with Crippen LogP contribution in [0.4, 0.5) is 5.82 Å². The first-order valence-electron chi connectivity index (χ1n) is 8.44. The number of morpholine rings is 1. The maximum absolute atomic E-state index is 5.84. The average molecular weight is 327 g/mol. The summed E-state index contributed by atoms with van der Waals surface area (Å²) >= 11 is 0. The molecule has 5 nitrogen and oxygen atoms in total. The normalized spacial score (nSPS) is 15.4. The number of hydrogen-bond donors (Lipinski definition) is 1. The molecule has 3 rings (SSSR count). The number of nitrogens with two attached hydrogens (primary N) is 1. The van der Waals surface area contributed by atoms with E-state index in [9.17, 15) is 0 Å². The van der Waals surface area contributed by atoms with Gasteiger partial charge in [0, 0.05) is 25.2 Å². The highest BCUT2D eigenvalue weighted by atomic mass is 16.5. The predicted molar refractivity (Wildman–Crippen MR) is 96.1 cm³/mol. The van der Waals surface area contributed by atoms with Gasteiger partial charge in [-0.1, -0.05) is 13.0 Å². The predicted octanol–water partition coefficient (Wildman–Crippen LogP) is 2.73. The van der Waals surface area contributed by atoms with Crippen molar-refractivity contribution in [3.8, 4) is 17.0 Å². The van der Waals surface area contributed by atoms with E-state index < -0.39 is 0 Å². The van der Waals surface area contributed by atoms with Crippen LogP contribution in [0.1, 0.15) is 18.1 Å². The first-order valence-corrected chi connectivity index (χ1v) is 8.44. The minimum atomic E-state index is 0.519. The highest BCUT2D eigenvalue weighted by Crippen LogP contribution is 2.33. The number of anilines is 1. The molecular formula is C19H25N3O2. The topological polar surface area (TPSA) is 60.6 Å². The van der Waals surface area contributed by atoms with Gasteiger partial charge in [0.1, 0.15) is 11.6 Å². The van der Waals surface area contributed by atoms with E-state index >= 15 is 0 Å². The van der Waals surface area contributed by atoms with Gasteiger partial charge in [0.05, 0.1) is 26.0 Å². The molecule has 0 atom stereocenters. The van der Waals surface area contributed by atoms with Crippen LogP contribution in [0.15, 0.2) is 30.3 Å². The van der Waals surface area contributed by atoms with E-state index in [2.05, 4.69) is 28.9 Å². The fraction of sp³-hybridized carbons (Fsp3) is 0.421. The summed E-state index contributed by atoms with van der Waals surface area (Å²) in [6.07, 6.45) is 0.971. The Morgan fingerprint density at radius 1 is 1.21 bits per heavy atom. The summed E-state index contributed by atoms with van der Waals surface area (Å²) in [5.41, 5.74) is 10.3. The van der Waals surface area contributed by atoms with Crippen molar-refractivity contribution in [2.24, 2.45) is 0 Å². The zero-order valence-corrected chi connectivity index (χ0v) is 14.4. The third-order valence-corrected chi connectivity index (χ3v) is 4.45. The molecule has 0 unspecified atom stereocenters. The van der Waals surface area contributed by atoms with Gasteiger partial charge in [-0.05, 0) is 41.8 Å². The quantitative estimate of drug-likeness (QED) is 0.915. The van der Waals surface area contributed by atoms with Crippen molar-refractivity contribution in [2.75, 3.05) is 39.1 Å². The molecule has 0 bridgehead atoms. The molecule has 1 fully saturated rings. The number of ether oxygens (including phenoxy) is 2. The lowest BCUT2D eigenvalue weighted by Gasteiger charge is -2.28. The summed E-state index contributed by atoms with van der Waals surface area (Å²) in [5, 5.41) is 0. The van der Waals surface area contributed by atoms with Crippen LogP contribution in [-0.2, 0) is 17.7 Å². The summed E-state index contributed by atoms with van der Waals surface area (Å²) in [5.74, 6) is 1.36. The third kappa shape index (κ3) is 3.68. The second kappa shape index (κ2) is 7.64. The van der Waals surface area contributed by atoms with Gasteiger partial charge in [-0.3, -0.25) is 4.90 Å². The van der Waals surface area contributed by atoms with Gasteiger partial charge in [-0.2, -0.15) is 0 Å². The van der Waals surface area contributed by atoms with Gasteiger partial charge < -0.3 is 15.2 Å². The van der Waals surface area contributed by atoms with E-state index in [0.29, 0.717) is 5.82 Å². The van der Waals surface area contributed by atoms with Crippen molar-refractivity contribution in [1.82, 2.24) is 9.88 Å². The van der Waals surface area contributed by atoms with Crippen LogP contribution in [0.5, 0.6) is 5.75 Å². The maximum Gasteiger partial charge on any atom is 0.128 e. The van der Waals surface area contributed by atoms with Crippen LogP contribution >= 0.6 is 0 Å². The molecule has 2 aromatic rings. The van der Waals surface area contributed by atoms with E-state index in [1.54, 1.807) is 13.2 Å². The second-order valence-corrected chi connectivity index (χ2v) is 6.01. The van der Waals surface area contributed by atoms with Crippen LogP contribution in [0.2, 0.25) is 0 Å². The van der Waals surface area contributed by atoms with Gasteiger partial charge in [0.25, 0.3) is 0 Å². The lowest BCUT2D eigenvalue weighted by atomic mass is 9.98. The largest absolute Gasteiger partial charge is 0.496 e. The van der Waals surface area contributed by atoms with Gasteiger partial charge in [0.15, 0.2) is 0 Å². The van der Waals surface area contributed by atoms with Gasteiger partial charge in [0.2, 0.25) is 0 Å². The molecule has 1 aliphatic heterocycles. The summed E-state index contributed by atoms with van der Waals surface area (Å²) in [7, 11) is 1.70. The summed E-state index contributed by atoms with van der Waals surface area (Å²) in [6.45, 7) is 6.68. The average Bonchev–Trinajstić information content (AvgIpc) is 2.62. The Balaban J connectivity index is 1.96. The molecule has 0 spiro atoms. The standard InChI is InChI=1S/C19H25N3O2/c1-3-14-11-16(17-5-4-6-19(20)21-17)18(23-2)12-15(14)13-22-7-9-24-10-8-22/h4-6,11-12H,3,7-10,13H2,1-2H3,(H2,20,21). The number of pyridine rings is 1. The van der Waals surface area contributed by atoms with Crippen LogP contribution in [-0.4, -0.2) is 43.3 Å². The fourth-order valence-corrected chi connectivity index (χ4v) is 3.11. The van der Waals surface area contributed by atoms with E-state index in [4.69, 9.17) is 15.2 Å². The number of nitrogens with zero attached hydrogens (tertiary/aromatic N) is 2. The van der Waals surface area contributed by atoms with Crippen molar-refractivity contribution in [1.29, 1.82) is 0 Å². The van der Waals surface area contributed by atoms with Crippen LogP contribution < -0.4 is 10.5 Å². The number of hydrogen-bond acceptors (Lipinski definition) is 5. The summed E-state index contributed by atoms with van der Waals surface area (Å²) < 4.78 is 11.1. The zero-order valence-electron chi connectivity index (χ0n) is 14.4. The molecule has 1 aromatic carbocycles. The van der Waals surface area contributed by atoms with Crippen LogP contribution in [0.3, 0.4) is 0 Å². The zero-order chi connectivity index (χ0) is 16.9. The van der Waals surface area contributed by atoms with Gasteiger partial charge in [-0.25, -0.2) is 4.98 Å². The number of aryl methyl sites for hydroxylation is 1. The summed E-state index contributed by atoms with van der Waals surface area (Å²) in [4.78, 5) is 6.87. The minimum Gasteiger partial charge on any atom is -0.496 e. The van der Waals surface area contributed by atoms with Crippen molar-refractivity contribution in [2.45, 2.75) is 19.9 Å². The highest BCUT2D eigenvalue weighted by Gasteiger charge is 2.16.